The van der Waals surface area contributed by atoms with Gasteiger partial charge >= 0.3 is 17.9 Å². The molecule has 174 valence electrons. The van der Waals surface area contributed by atoms with Gasteiger partial charge in [0.1, 0.15) is 19.0 Å². The van der Waals surface area contributed by atoms with Gasteiger partial charge in [-0.2, -0.15) is 0 Å². The molecule has 7 nitrogen and oxygen atoms in total. The first-order valence-corrected chi connectivity index (χ1v) is 11.0. The number of rotatable bonds is 12. The van der Waals surface area contributed by atoms with E-state index < -0.39 is 24.0 Å². The van der Waals surface area contributed by atoms with E-state index in [-0.39, 0.29) is 32.0 Å². The third-order valence-corrected chi connectivity index (χ3v) is 4.97. The highest BCUT2D eigenvalue weighted by molar-refractivity contribution is 5.86. The molecule has 0 aromatic heterocycles. The molecule has 2 atom stereocenters. The molecule has 0 aliphatic rings. The maximum absolute atomic E-state index is 12.6. The van der Waals surface area contributed by atoms with Crippen molar-refractivity contribution in [1.29, 1.82) is 0 Å². The van der Waals surface area contributed by atoms with Crippen molar-refractivity contribution in [2.75, 3.05) is 20.3 Å². The molecule has 0 aliphatic heterocycles. The molecular formula is C25H32O7. The van der Waals surface area contributed by atoms with Gasteiger partial charge in [-0.3, -0.25) is 14.4 Å². The van der Waals surface area contributed by atoms with Crippen LogP contribution in [-0.4, -0.2) is 44.3 Å². The van der Waals surface area contributed by atoms with Crippen LogP contribution in [0.4, 0.5) is 0 Å². The lowest BCUT2D eigenvalue weighted by Gasteiger charge is -2.19. The zero-order valence-electron chi connectivity index (χ0n) is 19.2. The molecule has 0 saturated carbocycles. The molecule has 0 heterocycles. The van der Waals surface area contributed by atoms with Crippen LogP contribution < -0.4 is 4.74 Å². The minimum atomic E-state index is -0.838. The highest BCUT2D eigenvalue weighted by atomic mass is 16.6. The fraction of sp³-hybridized carbons (Fsp3) is 0.480. The molecule has 0 aliphatic carbocycles. The van der Waals surface area contributed by atoms with E-state index in [0.717, 1.165) is 22.1 Å². The van der Waals surface area contributed by atoms with E-state index in [0.29, 0.717) is 12.8 Å². The molecule has 7 heteroatoms. The summed E-state index contributed by atoms with van der Waals surface area (Å²) in [6, 6.07) is 11.5. The van der Waals surface area contributed by atoms with E-state index in [1.165, 1.54) is 0 Å². The predicted molar refractivity (Wildman–Crippen MR) is 121 cm³/mol. The van der Waals surface area contributed by atoms with Crippen molar-refractivity contribution in [2.45, 2.75) is 58.5 Å². The molecule has 0 fully saturated rings. The van der Waals surface area contributed by atoms with Crippen LogP contribution >= 0.6 is 0 Å². The van der Waals surface area contributed by atoms with Crippen LogP contribution in [0.5, 0.6) is 5.75 Å². The van der Waals surface area contributed by atoms with Gasteiger partial charge < -0.3 is 18.9 Å². The maximum Gasteiger partial charge on any atom is 0.313 e. The first-order chi connectivity index (χ1) is 15.4. The summed E-state index contributed by atoms with van der Waals surface area (Å²) < 4.78 is 21.1. The molecule has 2 rings (SSSR count). The number of esters is 3. The fourth-order valence-electron chi connectivity index (χ4n) is 3.10. The smallest absolute Gasteiger partial charge is 0.313 e. The molecule has 2 unspecified atom stereocenters. The minimum absolute atomic E-state index is 0.145. The topological polar surface area (TPSA) is 88.1 Å². The normalized spacial score (nSPS) is 12.6. The van der Waals surface area contributed by atoms with Crippen LogP contribution in [0.15, 0.2) is 36.4 Å². The zero-order chi connectivity index (χ0) is 23.5. The second kappa shape index (κ2) is 12.7. The van der Waals surface area contributed by atoms with Gasteiger partial charge in [0.25, 0.3) is 0 Å². The van der Waals surface area contributed by atoms with Gasteiger partial charge in [-0.15, -0.1) is 0 Å². The van der Waals surface area contributed by atoms with E-state index >= 15 is 0 Å². The molecule has 32 heavy (non-hydrogen) atoms. The standard InChI is InChI=1S/C25H32O7/c1-5-7-23(26)30-15-22(32-24(27)8-6-2)16-31-25(28)17(3)18-9-10-20-14-21(29-4)12-11-19(20)13-18/h9-14,17,22H,5-8,15-16H2,1-4H3. The zero-order valence-corrected chi connectivity index (χ0v) is 19.2. The van der Waals surface area contributed by atoms with Crippen molar-refractivity contribution in [3.8, 4) is 5.75 Å². The van der Waals surface area contributed by atoms with E-state index in [2.05, 4.69) is 0 Å². The van der Waals surface area contributed by atoms with Crippen molar-refractivity contribution in [3.63, 3.8) is 0 Å². The Morgan fingerprint density at radius 1 is 0.844 bits per heavy atom. The van der Waals surface area contributed by atoms with Gasteiger partial charge in [0, 0.05) is 12.8 Å². The molecule has 2 aromatic rings. The number of carbonyl (C=O) groups excluding carboxylic acids is 3. The molecule has 0 N–H and O–H groups in total. The first kappa shape index (κ1) is 25.2. The summed E-state index contributed by atoms with van der Waals surface area (Å²) in [7, 11) is 1.62. The Morgan fingerprint density at radius 3 is 2.16 bits per heavy atom. The maximum atomic E-state index is 12.6. The van der Waals surface area contributed by atoms with Crippen molar-refractivity contribution < 1.29 is 33.3 Å². The number of hydrogen-bond donors (Lipinski definition) is 0. The van der Waals surface area contributed by atoms with Crippen LogP contribution in [0.2, 0.25) is 0 Å². The summed E-state index contributed by atoms with van der Waals surface area (Å²) in [5.41, 5.74) is 0.807. The van der Waals surface area contributed by atoms with E-state index in [1.807, 2.05) is 50.2 Å². The van der Waals surface area contributed by atoms with Crippen LogP contribution in [-0.2, 0) is 28.6 Å². The SMILES string of the molecule is CCCC(=O)OCC(COC(=O)C(C)c1ccc2cc(OC)ccc2c1)OC(=O)CCC. The van der Waals surface area contributed by atoms with E-state index in [9.17, 15) is 14.4 Å². The third kappa shape index (κ3) is 7.55. The summed E-state index contributed by atoms with van der Waals surface area (Å²) in [6.07, 6.45) is 0.970. The molecule has 2 aromatic carbocycles. The summed E-state index contributed by atoms with van der Waals surface area (Å²) in [6.45, 7) is 5.16. The van der Waals surface area contributed by atoms with Crippen LogP contribution in [0, 0.1) is 0 Å². The first-order valence-electron chi connectivity index (χ1n) is 11.0. The van der Waals surface area contributed by atoms with Crippen LogP contribution in [0.3, 0.4) is 0 Å². The average Bonchev–Trinajstić information content (AvgIpc) is 2.79. The number of benzene rings is 2. The number of ether oxygens (including phenoxy) is 4. The highest BCUT2D eigenvalue weighted by Gasteiger charge is 2.22. The van der Waals surface area contributed by atoms with Crippen LogP contribution in [0.1, 0.15) is 57.9 Å². The Morgan fingerprint density at radius 2 is 1.47 bits per heavy atom. The molecule has 0 saturated heterocycles. The molecule has 0 spiro atoms. The Kier molecular flexibility index (Phi) is 9.98. The second-order valence-corrected chi connectivity index (χ2v) is 7.62. The van der Waals surface area contributed by atoms with Crippen molar-refractivity contribution in [3.05, 3.63) is 42.0 Å². The van der Waals surface area contributed by atoms with Crippen molar-refractivity contribution in [1.82, 2.24) is 0 Å². The lowest BCUT2D eigenvalue weighted by Crippen LogP contribution is -2.31. The quantitative estimate of drug-likeness (QED) is 0.350. The number of carbonyl (C=O) groups is 3. The number of methoxy groups -OCH3 is 1. The van der Waals surface area contributed by atoms with Gasteiger partial charge in [-0.1, -0.05) is 38.1 Å². The second-order valence-electron chi connectivity index (χ2n) is 7.62. The summed E-state index contributed by atoms with van der Waals surface area (Å²) >= 11 is 0. The lowest BCUT2D eigenvalue weighted by atomic mass is 9.98. The Labute approximate surface area is 189 Å². The monoisotopic (exact) mass is 444 g/mol. The highest BCUT2D eigenvalue weighted by Crippen LogP contribution is 2.25. The third-order valence-electron chi connectivity index (χ3n) is 4.97. The molecule has 0 amide bonds. The minimum Gasteiger partial charge on any atom is -0.497 e. The van der Waals surface area contributed by atoms with Gasteiger partial charge in [0.2, 0.25) is 0 Å². The molecule has 0 bridgehead atoms. The van der Waals surface area contributed by atoms with Gasteiger partial charge in [0.05, 0.1) is 13.0 Å². The van der Waals surface area contributed by atoms with Crippen molar-refractivity contribution in [2.24, 2.45) is 0 Å². The largest absolute Gasteiger partial charge is 0.497 e. The Balaban J connectivity index is 2.00. The molecular weight excluding hydrogens is 412 g/mol. The summed E-state index contributed by atoms with van der Waals surface area (Å²) in [4.78, 5) is 36.2. The number of hydrogen-bond acceptors (Lipinski definition) is 7. The van der Waals surface area contributed by atoms with Gasteiger partial charge in [-0.05, 0) is 48.2 Å². The number of fused-ring (bicyclic) bond motifs is 1. The van der Waals surface area contributed by atoms with E-state index in [1.54, 1.807) is 14.0 Å². The average molecular weight is 445 g/mol. The Hall–Kier alpha value is -3.09. The van der Waals surface area contributed by atoms with Gasteiger partial charge in [0.15, 0.2) is 6.10 Å². The Bertz CT molecular complexity index is 922. The van der Waals surface area contributed by atoms with Gasteiger partial charge in [-0.25, -0.2) is 0 Å². The lowest BCUT2D eigenvalue weighted by molar-refractivity contribution is -0.167. The molecule has 0 radical (unpaired) electrons. The predicted octanol–water partition coefficient (Wildman–Crippen LogP) is 4.55. The van der Waals surface area contributed by atoms with E-state index in [4.69, 9.17) is 18.9 Å². The summed E-state index contributed by atoms with van der Waals surface area (Å²) in [5.74, 6) is -0.999. The van der Waals surface area contributed by atoms with Crippen LogP contribution in [0.25, 0.3) is 10.8 Å². The van der Waals surface area contributed by atoms with Crippen molar-refractivity contribution >= 4 is 28.7 Å². The fourth-order valence-corrected chi connectivity index (χ4v) is 3.10. The summed E-state index contributed by atoms with van der Waals surface area (Å²) in [5, 5.41) is 1.99.